The lowest BCUT2D eigenvalue weighted by molar-refractivity contribution is -0.384. The molecule has 2 unspecified atom stereocenters. The summed E-state index contributed by atoms with van der Waals surface area (Å²) in [5, 5.41) is 28.8. The molecule has 13 heteroatoms. The van der Waals surface area contributed by atoms with Crippen LogP contribution in [0, 0.1) is 10.1 Å². The molecule has 0 fully saturated rings. The average Bonchev–Trinajstić information content (AvgIpc) is 3.02. The summed E-state index contributed by atoms with van der Waals surface area (Å²) >= 11 is 0. The van der Waals surface area contributed by atoms with Crippen molar-refractivity contribution in [3.8, 4) is 11.5 Å². The van der Waals surface area contributed by atoms with E-state index >= 15 is 0 Å². The number of non-ortho nitro benzene ring substituents is 1. The number of likely N-dealkylation sites (N-methyl/N-ethyl adjacent to an activating group) is 1. The van der Waals surface area contributed by atoms with Gasteiger partial charge in [0.15, 0.2) is 11.5 Å². The Kier molecular flexibility index (Phi) is 12.7. The molecule has 2 atom stereocenters. The van der Waals surface area contributed by atoms with Gasteiger partial charge in [-0.15, -0.1) is 0 Å². The van der Waals surface area contributed by atoms with Crippen molar-refractivity contribution < 1.29 is 38.6 Å². The number of nitro benzene ring substituents is 1. The number of β-amino-alcohol motifs (C(OH)–C–C–N with tert-alkyl or cyclic N) is 1. The predicted molar refractivity (Wildman–Crippen MR) is 171 cm³/mol. The standard InChI is InChI=1S/C33H44N4O9/c1-8-45-32(40)28-21(2)35-25(30(31(39)44-7)29(28)22-12-11-13-23(16-22)37(41)42)18-36(5)20-33(3,4)34-17-24(38)19-46-27-15-10-9-14-26(27)43-6/h9-16,24,29,34-35,38H,8,17-20H2,1-7H3. The molecule has 250 valence electrons. The first kappa shape index (κ1) is 36.0. The minimum Gasteiger partial charge on any atom is -0.493 e. The molecule has 0 spiro atoms. The van der Waals surface area contributed by atoms with Crippen molar-refractivity contribution in [2.75, 3.05) is 54.1 Å². The van der Waals surface area contributed by atoms with Crippen LogP contribution in [0.5, 0.6) is 11.5 Å². The molecular weight excluding hydrogens is 596 g/mol. The fourth-order valence-electron chi connectivity index (χ4n) is 5.44. The molecule has 3 rings (SSSR count). The van der Waals surface area contributed by atoms with Crippen molar-refractivity contribution in [1.29, 1.82) is 0 Å². The molecule has 0 saturated carbocycles. The van der Waals surface area contributed by atoms with E-state index in [1.54, 1.807) is 39.2 Å². The Labute approximate surface area is 269 Å². The number of nitrogens with one attached hydrogen (secondary N) is 2. The Morgan fingerprint density at radius 2 is 1.80 bits per heavy atom. The summed E-state index contributed by atoms with van der Waals surface area (Å²) in [5.41, 5.74) is 0.979. The van der Waals surface area contributed by atoms with Crippen LogP contribution >= 0.6 is 0 Å². The van der Waals surface area contributed by atoms with Crippen molar-refractivity contribution in [3.63, 3.8) is 0 Å². The highest BCUT2D eigenvalue weighted by Gasteiger charge is 2.39. The number of benzene rings is 2. The van der Waals surface area contributed by atoms with Gasteiger partial charge < -0.3 is 34.7 Å². The van der Waals surface area contributed by atoms with Gasteiger partial charge in [-0.1, -0.05) is 24.3 Å². The highest BCUT2D eigenvalue weighted by molar-refractivity contribution is 6.00. The normalized spacial score (nSPS) is 15.7. The molecule has 2 aromatic rings. The van der Waals surface area contributed by atoms with Crippen LogP contribution in [-0.4, -0.2) is 92.6 Å². The molecule has 0 bridgehead atoms. The first-order valence-electron chi connectivity index (χ1n) is 14.9. The van der Waals surface area contributed by atoms with E-state index < -0.39 is 34.4 Å². The zero-order chi connectivity index (χ0) is 34.0. The van der Waals surface area contributed by atoms with Crippen LogP contribution in [0.2, 0.25) is 0 Å². The fourth-order valence-corrected chi connectivity index (χ4v) is 5.44. The molecule has 13 nitrogen and oxygen atoms in total. The topological polar surface area (TPSA) is 162 Å². The third-order valence-corrected chi connectivity index (χ3v) is 7.37. The minimum absolute atomic E-state index is 0.0615. The van der Waals surface area contributed by atoms with Gasteiger partial charge in [-0.2, -0.15) is 0 Å². The number of nitro groups is 1. The third kappa shape index (κ3) is 9.28. The molecule has 0 radical (unpaired) electrons. The van der Waals surface area contributed by atoms with Gasteiger partial charge in [-0.05, 0) is 52.4 Å². The van der Waals surface area contributed by atoms with Gasteiger partial charge in [0.25, 0.3) is 5.69 Å². The van der Waals surface area contributed by atoms with E-state index in [0.717, 1.165) is 0 Å². The lowest BCUT2D eigenvalue weighted by Crippen LogP contribution is -2.51. The van der Waals surface area contributed by atoms with E-state index in [-0.39, 0.29) is 43.1 Å². The molecule has 0 saturated heterocycles. The van der Waals surface area contributed by atoms with Crippen molar-refractivity contribution >= 4 is 17.6 Å². The van der Waals surface area contributed by atoms with Crippen LogP contribution in [0.25, 0.3) is 0 Å². The number of para-hydroxylation sites is 2. The highest BCUT2D eigenvalue weighted by atomic mass is 16.6. The number of carbonyl (C=O) groups excluding carboxylic acids is 2. The Morgan fingerprint density at radius 3 is 2.43 bits per heavy atom. The second-order valence-electron chi connectivity index (χ2n) is 11.6. The van der Waals surface area contributed by atoms with Crippen LogP contribution in [0.3, 0.4) is 0 Å². The number of nitrogens with zero attached hydrogens (tertiary/aromatic N) is 2. The number of ether oxygens (including phenoxy) is 4. The van der Waals surface area contributed by atoms with E-state index in [9.17, 15) is 24.8 Å². The van der Waals surface area contributed by atoms with Gasteiger partial charge in [0.2, 0.25) is 0 Å². The molecule has 1 aliphatic rings. The zero-order valence-electron chi connectivity index (χ0n) is 27.4. The third-order valence-electron chi connectivity index (χ3n) is 7.37. The van der Waals surface area contributed by atoms with E-state index in [1.807, 2.05) is 37.9 Å². The quantitative estimate of drug-likeness (QED) is 0.140. The first-order valence-corrected chi connectivity index (χ1v) is 14.9. The van der Waals surface area contributed by atoms with Crippen molar-refractivity contribution in [1.82, 2.24) is 15.5 Å². The summed E-state index contributed by atoms with van der Waals surface area (Å²) in [7, 11) is 4.67. The van der Waals surface area contributed by atoms with Crippen LogP contribution in [0.1, 0.15) is 39.2 Å². The maximum atomic E-state index is 13.4. The molecule has 0 amide bonds. The number of carbonyl (C=O) groups is 2. The summed E-state index contributed by atoms with van der Waals surface area (Å²) in [6.45, 7) is 8.49. The number of esters is 2. The summed E-state index contributed by atoms with van der Waals surface area (Å²) in [6.07, 6.45) is -0.798. The Morgan fingerprint density at radius 1 is 1.11 bits per heavy atom. The zero-order valence-corrected chi connectivity index (χ0v) is 27.4. The number of rotatable bonds is 16. The lowest BCUT2D eigenvalue weighted by atomic mass is 9.80. The number of dihydropyridines is 1. The summed E-state index contributed by atoms with van der Waals surface area (Å²) < 4.78 is 21.5. The molecule has 0 aliphatic carbocycles. The molecule has 2 aromatic carbocycles. The number of allylic oxidation sites excluding steroid dienone is 1. The molecule has 0 aromatic heterocycles. The van der Waals surface area contributed by atoms with Crippen LogP contribution in [-0.2, 0) is 19.1 Å². The second-order valence-corrected chi connectivity index (χ2v) is 11.6. The number of hydrogen-bond donors (Lipinski definition) is 3. The van der Waals surface area contributed by atoms with Gasteiger partial charge >= 0.3 is 11.9 Å². The molecule has 1 heterocycles. The summed E-state index contributed by atoms with van der Waals surface area (Å²) in [4.78, 5) is 39.6. The number of aliphatic hydroxyl groups is 1. The number of hydrogen-bond acceptors (Lipinski definition) is 12. The molecule has 3 N–H and O–H groups in total. The second kappa shape index (κ2) is 16.2. The molecule has 1 aliphatic heterocycles. The first-order chi connectivity index (χ1) is 21.8. The van der Waals surface area contributed by atoms with Crippen LogP contribution < -0.4 is 20.1 Å². The summed E-state index contributed by atoms with van der Waals surface area (Å²) in [6, 6.07) is 13.0. The van der Waals surface area contributed by atoms with Gasteiger partial charge in [0.05, 0.1) is 42.8 Å². The van der Waals surface area contributed by atoms with E-state index in [2.05, 4.69) is 10.6 Å². The van der Waals surface area contributed by atoms with E-state index in [4.69, 9.17) is 18.9 Å². The van der Waals surface area contributed by atoms with Gasteiger partial charge in [0.1, 0.15) is 12.7 Å². The van der Waals surface area contributed by atoms with Gasteiger partial charge in [-0.3, -0.25) is 15.0 Å². The Balaban J connectivity index is 1.82. The maximum Gasteiger partial charge on any atom is 0.336 e. The molecular formula is C33H44N4O9. The van der Waals surface area contributed by atoms with Crippen molar-refractivity contribution in [2.24, 2.45) is 0 Å². The predicted octanol–water partition coefficient (Wildman–Crippen LogP) is 3.29. The number of aliphatic hydroxyl groups excluding tert-OH is 1. The van der Waals surface area contributed by atoms with Crippen LogP contribution in [0.4, 0.5) is 5.69 Å². The van der Waals surface area contributed by atoms with Crippen molar-refractivity contribution in [2.45, 2.75) is 45.3 Å². The van der Waals surface area contributed by atoms with E-state index in [0.29, 0.717) is 35.0 Å². The lowest BCUT2D eigenvalue weighted by Gasteiger charge is -2.35. The van der Waals surface area contributed by atoms with Gasteiger partial charge in [-0.25, -0.2) is 9.59 Å². The smallest absolute Gasteiger partial charge is 0.336 e. The monoisotopic (exact) mass is 640 g/mol. The summed E-state index contributed by atoms with van der Waals surface area (Å²) in [5.74, 6) is -1.18. The van der Waals surface area contributed by atoms with Crippen molar-refractivity contribution in [3.05, 3.63) is 86.7 Å². The minimum atomic E-state index is -0.972. The largest absolute Gasteiger partial charge is 0.493 e. The average molecular weight is 641 g/mol. The Bertz CT molecular complexity index is 1470. The SMILES string of the molecule is CCOC(=O)C1=C(C)NC(CN(C)CC(C)(C)NCC(O)COc2ccccc2OC)=C(C(=O)OC)C1c1cccc([N+](=O)[O-])c1. The van der Waals surface area contributed by atoms with Crippen LogP contribution in [0.15, 0.2) is 71.1 Å². The van der Waals surface area contributed by atoms with Gasteiger partial charge in [0, 0.05) is 48.7 Å². The fraction of sp³-hybridized carbons (Fsp3) is 0.455. The maximum absolute atomic E-state index is 13.4. The van der Waals surface area contributed by atoms with E-state index in [1.165, 1.54) is 25.3 Å². The molecule has 46 heavy (non-hydrogen) atoms. The number of methoxy groups -OCH3 is 2. The highest BCUT2D eigenvalue weighted by Crippen LogP contribution is 2.40. The Hall–Kier alpha value is -4.46.